The molecule has 0 atom stereocenters. The van der Waals surface area contributed by atoms with Gasteiger partial charge in [0.1, 0.15) is 5.75 Å². The van der Waals surface area contributed by atoms with Crippen molar-refractivity contribution in [3.8, 4) is 5.75 Å². The van der Waals surface area contributed by atoms with E-state index in [-0.39, 0.29) is 12.5 Å². The maximum Gasteiger partial charge on any atom is 0.262 e. The smallest absolute Gasteiger partial charge is 0.262 e. The highest BCUT2D eigenvalue weighted by molar-refractivity contribution is 5.97. The molecule has 1 aromatic rings. The molecule has 2 rings (SSSR count). The number of benzene rings is 1. The molecule has 0 aliphatic carbocycles. The molecule has 0 fully saturated rings. The molecule has 0 unspecified atom stereocenters. The molecule has 1 aliphatic heterocycles. The van der Waals surface area contributed by atoms with Crippen LogP contribution < -0.4 is 20.7 Å². The van der Waals surface area contributed by atoms with Gasteiger partial charge in [-0.3, -0.25) is 4.79 Å². The summed E-state index contributed by atoms with van der Waals surface area (Å²) < 4.78 is 5.33. The van der Waals surface area contributed by atoms with Crippen LogP contribution in [0.2, 0.25) is 0 Å². The molecule has 0 radical (unpaired) electrons. The number of amides is 1. The van der Waals surface area contributed by atoms with Gasteiger partial charge in [-0.1, -0.05) is 0 Å². The van der Waals surface area contributed by atoms with E-state index >= 15 is 0 Å². The minimum absolute atomic E-state index is 0.0491. The molecule has 0 saturated heterocycles. The van der Waals surface area contributed by atoms with E-state index < -0.39 is 0 Å². The lowest BCUT2D eigenvalue weighted by atomic mass is 10.1. The summed E-state index contributed by atoms with van der Waals surface area (Å²) in [5.41, 5.74) is 8.34. The summed E-state index contributed by atoms with van der Waals surface area (Å²) in [6.45, 7) is 7.20. The molecule has 18 heavy (non-hydrogen) atoms. The van der Waals surface area contributed by atoms with E-state index in [2.05, 4.69) is 31.0 Å². The number of anilines is 3. The number of carbonyl (C=O) groups is 1. The fraction of sp³-hybridized carbons (Fsp3) is 0.462. The lowest BCUT2D eigenvalue weighted by Gasteiger charge is -2.30. The van der Waals surface area contributed by atoms with Crippen molar-refractivity contribution in [1.29, 1.82) is 0 Å². The average molecular weight is 249 g/mol. The van der Waals surface area contributed by atoms with Gasteiger partial charge < -0.3 is 20.7 Å². The van der Waals surface area contributed by atoms with Gasteiger partial charge in [-0.2, -0.15) is 0 Å². The van der Waals surface area contributed by atoms with Crippen molar-refractivity contribution < 1.29 is 9.53 Å². The standard InChI is InChI=1S/C13H19N3O2/c1-4-16(8(2)3)11-6-10-12(5-9(11)14)18-7-13(17)15-10/h5-6,8H,4,7,14H2,1-3H3,(H,15,17). The van der Waals surface area contributed by atoms with Crippen LogP contribution in [0.5, 0.6) is 5.75 Å². The number of fused-ring (bicyclic) bond motifs is 1. The number of hydrogen-bond donors (Lipinski definition) is 2. The summed E-state index contributed by atoms with van der Waals surface area (Å²) in [6.07, 6.45) is 0. The molecule has 0 spiro atoms. The number of rotatable bonds is 3. The van der Waals surface area contributed by atoms with Crippen LogP contribution in [0.1, 0.15) is 20.8 Å². The Kier molecular flexibility index (Phi) is 3.32. The molecule has 5 nitrogen and oxygen atoms in total. The zero-order chi connectivity index (χ0) is 13.3. The van der Waals surface area contributed by atoms with Crippen molar-refractivity contribution in [3.05, 3.63) is 12.1 Å². The highest BCUT2D eigenvalue weighted by Crippen LogP contribution is 2.37. The van der Waals surface area contributed by atoms with Crippen LogP contribution in [-0.4, -0.2) is 25.1 Å². The zero-order valence-electron chi connectivity index (χ0n) is 11.0. The molecule has 0 saturated carbocycles. The number of ether oxygens (including phenoxy) is 1. The largest absolute Gasteiger partial charge is 0.482 e. The lowest BCUT2D eigenvalue weighted by Crippen LogP contribution is -2.32. The van der Waals surface area contributed by atoms with Gasteiger partial charge in [-0.15, -0.1) is 0 Å². The summed E-state index contributed by atoms with van der Waals surface area (Å²) in [4.78, 5) is 13.5. The van der Waals surface area contributed by atoms with E-state index in [1.54, 1.807) is 6.07 Å². The van der Waals surface area contributed by atoms with E-state index in [0.717, 1.165) is 12.2 Å². The van der Waals surface area contributed by atoms with Crippen LogP contribution in [0.4, 0.5) is 17.1 Å². The summed E-state index contributed by atoms with van der Waals surface area (Å²) in [5.74, 6) is 0.501. The van der Waals surface area contributed by atoms with Crippen LogP contribution in [-0.2, 0) is 4.79 Å². The van der Waals surface area contributed by atoms with Crippen molar-refractivity contribution in [2.75, 3.05) is 29.1 Å². The quantitative estimate of drug-likeness (QED) is 0.802. The summed E-state index contributed by atoms with van der Waals surface area (Å²) in [5, 5.41) is 2.80. The Balaban J connectivity index is 2.43. The SMILES string of the molecule is CCN(c1cc2c(cc1N)OCC(=O)N2)C(C)C. The second kappa shape index (κ2) is 4.76. The minimum atomic E-state index is -0.134. The highest BCUT2D eigenvalue weighted by atomic mass is 16.5. The fourth-order valence-electron chi connectivity index (χ4n) is 2.19. The van der Waals surface area contributed by atoms with Gasteiger partial charge in [0.25, 0.3) is 5.91 Å². The second-order valence-corrected chi connectivity index (χ2v) is 4.62. The molecule has 1 amide bonds. The normalized spacial score (nSPS) is 13.9. The van der Waals surface area contributed by atoms with Gasteiger partial charge in [0.05, 0.1) is 17.1 Å². The van der Waals surface area contributed by atoms with Gasteiger partial charge in [-0.25, -0.2) is 0 Å². The summed E-state index contributed by atoms with van der Waals surface area (Å²) in [7, 11) is 0. The average Bonchev–Trinajstić information content (AvgIpc) is 2.31. The van der Waals surface area contributed by atoms with Crippen LogP contribution in [0.25, 0.3) is 0 Å². The summed E-state index contributed by atoms with van der Waals surface area (Å²) in [6, 6.07) is 4.00. The lowest BCUT2D eigenvalue weighted by molar-refractivity contribution is -0.118. The van der Waals surface area contributed by atoms with Crippen molar-refractivity contribution >= 4 is 23.0 Å². The van der Waals surface area contributed by atoms with Gasteiger partial charge in [0.15, 0.2) is 6.61 Å². The van der Waals surface area contributed by atoms with Crippen LogP contribution >= 0.6 is 0 Å². The molecule has 5 heteroatoms. The van der Waals surface area contributed by atoms with E-state index in [4.69, 9.17) is 10.5 Å². The Hall–Kier alpha value is -1.91. The monoisotopic (exact) mass is 249 g/mol. The predicted molar refractivity (Wildman–Crippen MR) is 73.1 cm³/mol. The number of carbonyl (C=O) groups excluding carboxylic acids is 1. The van der Waals surface area contributed by atoms with E-state index in [1.165, 1.54) is 0 Å². The number of nitrogens with zero attached hydrogens (tertiary/aromatic N) is 1. The van der Waals surface area contributed by atoms with Gasteiger partial charge in [0.2, 0.25) is 0 Å². The maximum absolute atomic E-state index is 11.3. The van der Waals surface area contributed by atoms with Crippen LogP contribution in [0, 0.1) is 0 Å². The topological polar surface area (TPSA) is 67.6 Å². The number of nitrogens with one attached hydrogen (secondary N) is 1. The Morgan fingerprint density at radius 3 is 2.83 bits per heavy atom. The van der Waals surface area contributed by atoms with E-state index in [0.29, 0.717) is 23.2 Å². The van der Waals surface area contributed by atoms with E-state index in [9.17, 15) is 4.79 Å². The predicted octanol–water partition coefficient (Wildman–Crippen LogP) is 1.83. The minimum Gasteiger partial charge on any atom is -0.482 e. The van der Waals surface area contributed by atoms with Crippen molar-refractivity contribution in [2.24, 2.45) is 0 Å². The molecule has 0 bridgehead atoms. The fourth-order valence-corrected chi connectivity index (χ4v) is 2.19. The molecule has 3 N–H and O–H groups in total. The van der Waals surface area contributed by atoms with Gasteiger partial charge in [0, 0.05) is 18.7 Å². The first-order chi connectivity index (χ1) is 8.52. The number of nitrogens with two attached hydrogens (primary N) is 1. The molecular weight excluding hydrogens is 230 g/mol. The number of hydrogen-bond acceptors (Lipinski definition) is 4. The first-order valence-electron chi connectivity index (χ1n) is 6.15. The third-order valence-corrected chi connectivity index (χ3v) is 3.04. The Bertz CT molecular complexity index is 472. The van der Waals surface area contributed by atoms with Gasteiger partial charge >= 0.3 is 0 Å². The first-order valence-corrected chi connectivity index (χ1v) is 6.15. The molecule has 1 aromatic carbocycles. The van der Waals surface area contributed by atoms with Crippen LogP contribution in [0.15, 0.2) is 12.1 Å². The Morgan fingerprint density at radius 2 is 2.22 bits per heavy atom. The Labute approximate surface area is 107 Å². The van der Waals surface area contributed by atoms with Crippen molar-refractivity contribution in [1.82, 2.24) is 0 Å². The molecular formula is C13H19N3O2. The molecule has 98 valence electrons. The van der Waals surface area contributed by atoms with Crippen molar-refractivity contribution in [2.45, 2.75) is 26.8 Å². The highest BCUT2D eigenvalue weighted by Gasteiger charge is 2.20. The summed E-state index contributed by atoms with van der Waals surface area (Å²) >= 11 is 0. The zero-order valence-corrected chi connectivity index (χ0v) is 11.0. The molecule has 0 aromatic heterocycles. The van der Waals surface area contributed by atoms with E-state index in [1.807, 2.05) is 6.07 Å². The van der Waals surface area contributed by atoms with Crippen molar-refractivity contribution in [3.63, 3.8) is 0 Å². The first kappa shape index (κ1) is 12.5. The third kappa shape index (κ3) is 2.20. The number of nitrogen functional groups attached to an aromatic ring is 1. The Morgan fingerprint density at radius 1 is 1.50 bits per heavy atom. The van der Waals surface area contributed by atoms with Gasteiger partial charge in [-0.05, 0) is 26.8 Å². The third-order valence-electron chi connectivity index (χ3n) is 3.04. The molecule has 1 heterocycles. The van der Waals surface area contributed by atoms with Crippen LogP contribution in [0.3, 0.4) is 0 Å². The molecule has 1 aliphatic rings. The maximum atomic E-state index is 11.3. The second-order valence-electron chi connectivity index (χ2n) is 4.62.